The number of benzene rings is 3. The summed E-state index contributed by atoms with van der Waals surface area (Å²) in [6.07, 6.45) is 0. The van der Waals surface area contributed by atoms with Crippen molar-refractivity contribution in [3.05, 3.63) is 84.9 Å². The van der Waals surface area contributed by atoms with E-state index in [1.165, 1.54) is 12.1 Å². The Morgan fingerprint density at radius 2 is 1.38 bits per heavy atom. The molecule has 0 saturated heterocycles. The van der Waals surface area contributed by atoms with Gasteiger partial charge in [0.25, 0.3) is 10.0 Å². The molecule has 0 bridgehead atoms. The molecule has 6 nitrogen and oxygen atoms in total. The Kier molecular flexibility index (Phi) is 7.53. The summed E-state index contributed by atoms with van der Waals surface area (Å²) >= 11 is 0. The number of anilines is 1. The van der Waals surface area contributed by atoms with Crippen molar-refractivity contribution >= 4 is 21.6 Å². The van der Waals surface area contributed by atoms with E-state index in [2.05, 4.69) is 5.32 Å². The third-order valence-electron chi connectivity index (χ3n) is 5.11. The highest BCUT2D eigenvalue weighted by Gasteiger charge is 2.27. The third kappa shape index (κ3) is 5.88. The number of sulfonamides is 1. The highest BCUT2D eigenvalue weighted by atomic mass is 32.2. The van der Waals surface area contributed by atoms with Gasteiger partial charge in [-0.3, -0.25) is 9.10 Å². The molecule has 0 aliphatic carbocycles. The minimum atomic E-state index is -3.95. The van der Waals surface area contributed by atoms with Gasteiger partial charge in [0.05, 0.1) is 10.6 Å². The molecular weight excluding hydrogens is 424 g/mol. The Bertz CT molecular complexity index is 1120. The molecule has 168 valence electrons. The van der Waals surface area contributed by atoms with Crippen LogP contribution in [-0.2, 0) is 14.8 Å². The lowest BCUT2D eigenvalue weighted by atomic mass is 10.1. The van der Waals surface area contributed by atoms with Gasteiger partial charge in [0, 0.05) is 6.04 Å². The molecular formula is C25H28N2O4S. The van der Waals surface area contributed by atoms with Gasteiger partial charge in [-0.2, -0.15) is 0 Å². The Labute approximate surface area is 189 Å². The minimum absolute atomic E-state index is 0.0783. The predicted molar refractivity (Wildman–Crippen MR) is 126 cm³/mol. The van der Waals surface area contributed by atoms with Crippen molar-refractivity contribution in [2.45, 2.75) is 31.7 Å². The molecule has 7 heteroatoms. The Hall–Kier alpha value is -3.32. The number of carbonyl (C=O) groups excluding carboxylic acids is 1. The summed E-state index contributed by atoms with van der Waals surface area (Å²) in [4.78, 5) is 12.8. The van der Waals surface area contributed by atoms with E-state index >= 15 is 0 Å². The van der Waals surface area contributed by atoms with Gasteiger partial charge in [0.1, 0.15) is 18.0 Å². The fraction of sp³-hybridized carbons (Fsp3) is 0.240. The maximum Gasteiger partial charge on any atom is 0.264 e. The van der Waals surface area contributed by atoms with E-state index in [0.717, 1.165) is 4.31 Å². The van der Waals surface area contributed by atoms with Crippen LogP contribution in [0.5, 0.6) is 11.5 Å². The first kappa shape index (κ1) is 23.3. The summed E-state index contributed by atoms with van der Waals surface area (Å²) < 4.78 is 33.7. The molecule has 0 aliphatic heterocycles. The number of para-hydroxylation sites is 1. The van der Waals surface area contributed by atoms with Crippen molar-refractivity contribution in [3.8, 4) is 11.5 Å². The molecule has 3 aromatic carbocycles. The number of hydrogen-bond acceptors (Lipinski definition) is 4. The fourth-order valence-corrected chi connectivity index (χ4v) is 4.38. The molecule has 0 heterocycles. The molecule has 0 fully saturated rings. The second-order valence-corrected chi connectivity index (χ2v) is 9.70. The van der Waals surface area contributed by atoms with Gasteiger partial charge in [0.15, 0.2) is 0 Å². The van der Waals surface area contributed by atoms with Crippen molar-refractivity contribution in [1.82, 2.24) is 5.32 Å². The van der Waals surface area contributed by atoms with Crippen LogP contribution in [0.15, 0.2) is 89.8 Å². The maximum absolute atomic E-state index is 13.4. The van der Waals surface area contributed by atoms with Crippen LogP contribution in [0.25, 0.3) is 0 Å². The van der Waals surface area contributed by atoms with Crippen molar-refractivity contribution in [2.75, 3.05) is 10.8 Å². The van der Waals surface area contributed by atoms with Crippen LogP contribution in [0.1, 0.15) is 20.8 Å². The smallest absolute Gasteiger partial charge is 0.264 e. The topological polar surface area (TPSA) is 75.7 Å². The van der Waals surface area contributed by atoms with Gasteiger partial charge < -0.3 is 10.1 Å². The van der Waals surface area contributed by atoms with Gasteiger partial charge in [0.2, 0.25) is 5.91 Å². The molecule has 0 radical (unpaired) electrons. The lowest BCUT2D eigenvalue weighted by Gasteiger charge is -2.26. The highest BCUT2D eigenvalue weighted by molar-refractivity contribution is 7.92. The van der Waals surface area contributed by atoms with Gasteiger partial charge in [-0.15, -0.1) is 0 Å². The summed E-state index contributed by atoms with van der Waals surface area (Å²) in [5.41, 5.74) is 0.376. The van der Waals surface area contributed by atoms with Crippen molar-refractivity contribution in [1.29, 1.82) is 0 Å². The number of hydrogen-bond donors (Lipinski definition) is 1. The molecule has 0 saturated carbocycles. The van der Waals surface area contributed by atoms with E-state index in [-0.39, 0.29) is 29.3 Å². The molecule has 32 heavy (non-hydrogen) atoms. The number of nitrogens with zero attached hydrogens (tertiary/aromatic N) is 1. The van der Waals surface area contributed by atoms with E-state index in [9.17, 15) is 13.2 Å². The first-order valence-corrected chi connectivity index (χ1v) is 11.9. The summed E-state index contributed by atoms with van der Waals surface area (Å²) in [6, 6.07) is 24.0. The van der Waals surface area contributed by atoms with Crippen LogP contribution in [0.4, 0.5) is 5.69 Å². The molecule has 1 N–H and O–H groups in total. The highest BCUT2D eigenvalue weighted by Crippen LogP contribution is 2.28. The molecule has 1 atom stereocenters. The normalized spacial score (nSPS) is 12.2. The van der Waals surface area contributed by atoms with Gasteiger partial charge in [-0.25, -0.2) is 8.42 Å². The maximum atomic E-state index is 13.4. The van der Waals surface area contributed by atoms with Crippen molar-refractivity contribution in [2.24, 2.45) is 5.92 Å². The van der Waals surface area contributed by atoms with E-state index in [4.69, 9.17) is 4.74 Å². The number of amides is 1. The SMILES string of the molecule is CC(C)[C@H](C)NC(=O)CN(c1ccc(Oc2ccccc2)cc1)S(=O)(=O)c1ccccc1. The lowest BCUT2D eigenvalue weighted by Crippen LogP contribution is -2.44. The van der Waals surface area contributed by atoms with Crippen molar-refractivity contribution < 1.29 is 17.9 Å². The Morgan fingerprint density at radius 3 is 1.94 bits per heavy atom. The standard InChI is InChI=1S/C25H28N2O4S/c1-19(2)20(3)26-25(28)18-27(32(29,30)24-12-8-5-9-13-24)21-14-16-23(17-15-21)31-22-10-6-4-7-11-22/h4-17,19-20H,18H2,1-3H3,(H,26,28)/t20-/m0/s1. The van der Waals surface area contributed by atoms with E-state index in [1.54, 1.807) is 42.5 Å². The van der Waals surface area contributed by atoms with E-state index in [1.807, 2.05) is 51.1 Å². The van der Waals surface area contributed by atoms with E-state index < -0.39 is 10.0 Å². The van der Waals surface area contributed by atoms with Crippen LogP contribution in [0.3, 0.4) is 0 Å². The van der Waals surface area contributed by atoms with Gasteiger partial charge in [-0.1, -0.05) is 50.2 Å². The fourth-order valence-electron chi connectivity index (χ4n) is 2.94. The molecule has 3 aromatic rings. The molecule has 0 spiro atoms. The molecule has 3 rings (SSSR count). The molecule has 0 aromatic heterocycles. The van der Waals surface area contributed by atoms with Crippen LogP contribution < -0.4 is 14.4 Å². The molecule has 1 amide bonds. The molecule has 0 unspecified atom stereocenters. The number of ether oxygens (including phenoxy) is 1. The predicted octanol–water partition coefficient (Wildman–Crippen LogP) is 4.83. The van der Waals surface area contributed by atoms with E-state index in [0.29, 0.717) is 17.2 Å². The second-order valence-electron chi connectivity index (χ2n) is 7.83. The minimum Gasteiger partial charge on any atom is -0.457 e. The number of carbonyl (C=O) groups is 1. The van der Waals surface area contributed by atoms with Crippen molar-refractivity contribution in [3.63, 3.8) is 0 Å². The largest absolute Gasteiger partial charge is 0.457 e. The second kappa shape index (κ2) is 10.3. The summed E-state index contributed by atoms with van der Waals surface area (Å²) in [5, 5.41) is 2.88. The lowest BCUT2D eigenvalue weighted by molar-refractivity contribution is -0.120. The summed E-state index contributed by atoms with van der Waals surface area (Å²) in [7, 11) is -3.95. The van der Waals surface area contributed by atoms with Crippen LogP contribution in [0, 0.1) is 5.92 Å². The van der Waals surface area contributed by atoms with Gasteiger partial charge in [-0.05, 0) is 61.4 Å². The van der Waals surface area contributed by atoms with Crippen LogP contribution in [-0.4, -0.2) is 26.9 Å². The zero-order valence-corrected chi connectivity index (χ0v) is 19.2. The third-order valence-corrected chi connectivity index (χ3v) is 6.90. The number of rotatable bonds is 9. The average Bonchev–Trinajstić information content (AvgIpc) is 2.79. The first-order chi connectivity index (χ1) is 15.3. The zero-order chi connectivity index (χ0) is 23.1. The first-order valence-electron chi connectivity index (χ1n) is 10.5. The average molecular weight is 453 g/mol. The summed E-state index contributed by atoms with van der Waals surface area (Å²) in [5.74, 6) is 1.11. The molecule has 0 aliphatic rings. The number of nitrogens with one attached hydrogen (secondary N) is 1. The monoisotopic (exact) mass is 452 g/mol. The van der Waals surface area contributed by atoms with Gasteiger partial charge >= 0.3 is 0 Å². The van der Waals surface area contributed by atoms with Crippen LogP contribution in [0.2, 0.25) is 0 Å². The summed E-state index contributed by atoms with van der Waals surface area (Å²) in [6.45, 7) is 5.56. The zero-order valence-electron chi connectivity index (χ0n) is 18.4. The Morgan fingerprint density at radius 1 is 0.844 bits per heavy atom. The van der Waals surface area contributed by atoms with Crippen LogP contribution >= 0.6 is 0 Å². The Balaban J connectivity index is 1.89. The quantitative estimate of drug-likeness (QED) is 0.504.